The number of amides is 2. The number of nitrogens with one attached hydrogen (secondary N) is 1. The third-order valence-corrected chi connectivity index (χ3v) is 5.40. The van der Waals surface area contributed by atoms with Gasteiger partial charge in [0.15, 0.2) is 5.78 Å². The number of allylic oxidation sites excluding steroid dienone is 1. The maximum Gasteiger partial charge on any atom is 0.326 e. The molecule has 0 fully saturated rings. The Balaban J connectivity index is 1.89. The van der Waals surface area contributed by atoms with Crippen LogP contribution in [0.25, 0.3) is 0 Å². The first kappa shape index (κ1) is 20.5. The SMILES string of the molecule is CC(O)c1cc(NC(=O)N2C=CC(=O)CC2c2ccc(F)cc2)c(Br)cc1Cl. The standard InChI is InChI=1S/C20H17BrClFN2O3/c1-11(26)15-9-18(16(21)10-17(15)22)24-20(28)25-7-6-14(27)8-19(25)12-2-4-13(23)5-3-12/h2-7,9-11,19,26H,8H2,1H3,(H,24,28). The lowest BCUT2D eigenvalue weighted by atomic mass is 9.97. The van der Waals surface area contributed by atoms with Crippen LogP contribution in [-0.2, 0) is 4.79 Å². The van der Waals surface area contributed by atoms with Crippen molar-refractivity contribution in [1.82, 2.24) is 4.90 Å². The molecule has 2 atom stereocenters. The first-order valence-corrected chi connectivity index (χ1v) is 9.66. The highest BCUT2D eigenvalue weighted by atomic mass is 79.9. The van der Waals surface area contributed by atoms with Crippen LogP contribution in [0.5, 0.6) is 0 Å². The predicted octanol–water partition coefficient (Wildman–Crippen LogP) is 5.36. The van der Waals surface area contributed by atoms with Crippen molar-refractivity contribution in [2.75, 3.05) is 5.32 Å². The van der Waals surface area contributed by atoms with Crippen molar-refractivity contribution < 1.29 is 19.1 Å². The average Bonchev–Trinajstić information content (AvgIpc) is 2.64. The van der Waals surface area contributed by atoms with Crippen LogP contribution in [0.15, 0.2) is 53.1 Å². The Bertz CT molecular complexity index is 947. The van der Waals surface area contributed by atoms with E-state index in [4.69, 9.17) is 11.6 Å². The highest BCUT2D eigenvalue weighted by molar-refractivity contribution is 9.10. The Labute approximate surface area is 174 Å². The van der Waals surface area contributed by atoms with Gasteiger partial charge >= 0.3 is 6.03 Å². The molecule has 0 saturated carbocycles. The van der Waals surface area contributed by atoms with Crippen LogP contribution in [0.4, 0.5) is 14.9 Å². The molecule has 0 saturated heterocycles. The van der Waals surface area contributed by atoms with Crippen LogP contribution < -0.4 is 5.32 Å². The number of ketones is 1. The van der Waals surface area contributed by atoms with Crippen LogP contribution in [-0.4, -0.2) is 21.8 Å². The van der Waals surface area contributed by atoms with Crippen molar-refractivity contribution in [3.05, 3.63) is 75.1 Å². The number of hydrogen-bond acceptors (Lipinski definition) is 3. The fourth-order valence-corrected chi connectivity index (χ4v) is 3.85. The second kappa shape index (κ2) is 8.43. The maximum absolute atomic E-state index is 13.2. The normalized spacial score (nSPS) is 17.5. The smallest absolute Gasteiger partial charge is 0.326 e. The summed E-state index contributed by atoms with van der Waals surface area (Å²) >= 11 is 9.47. The van der Waals surface area contributed by atoms with E-state index in [0.29, 0.717) is 26.3 Å². The van der Waals surface area contributed by atoms with Gasteiger partial charge in [-0.05, 0) is 58.8 Å². The molecule has 5 nitrogen and oxygen atoms in total. The van der Waals surface area contributed by atoms with Gasteiger partial charge in [-0.3, -0.25) is 9.69 Å². The summed E-state index contributed by atoms with van der Waals surface area (Å²) in [6.45, 7) is 1.57. The lowest BCUT2D eigenvalue weighted by Crippen LogP contribution is -2.37. The van der Waals surface area contributed by atoms with E-state index in [1.165, 1.54) is 29.3 Å². The average molecular weight is 468 g/mol. The highest BCUT2D eigenvalue weighted by Gasteiger charge is 2.29. The zero-order chi connectivity index (χ0) is 20.4. The number of benzene rings is 2. The van der Waals surface area contributed by atoms with Gasteiger partial charge in [0, 0.05) is 27.7 Å². The van der Waals surface area contributed by atoms with Gasteiger partial charge in [0.05, 0.1) is 17.8 Å². The molecule has 2 unspecified atom stereocenters. The minimum atomic E-state index is -0.810. The number of carbonyl (C=O) groups is 2. The van der Waals surface area contributed by atoms with Crippen molar-refractivity contribution in [2.45, 2.75) is 25.5 Å². The third-order valence-electron chi connectivity index (χ3n) is 4.42. The zero-order valence-corrected chi connectivity index (χ0v) is 17.2. The molecule has 0 radical (unpaired) electrons. The molecule has 28 heavy (non-hydrogen) atoms. The topological polar surface area (TPSA) is 69.6 Å². The van der Waals surface area contributed by atoms with E-state index in [1.54, 1.807) is 31.2 Å². The number of urea groups is 1. The van der Waals surface area contributed by atoms with Crippen LogP contribution in [0.1, 0.15) is 36.6 Å². The molecule has 0 bridgehead atoms. The number of hydrogen-bond donors (Lipinski definition) is 2. The Morgan fingerprint density at radius 3 is 2.68 bits per heavy atom. The van der Waals surface area contributed by atoms with Crippen LogP contribution in [0.2, 0.25) is 5.02 Å². The van der Waals surface area contributed by atoms with Gasteiger partial charge in [-0.15, -0.1) is 0 Å². The van der Waals surface area contributed by atoms with E-state index in [2.05, 4.69) is 21.2 Å². The Kier molecular flexibility index (Phi) is 6.17. The second-order valence-electron chi connectivity index (χ2n) is 6.42. The van der Waals surface area contributed by atoms with E-state index in [0.717, 1.165) is 0 Å². The van der Waals surface area contributed by atoms with E-state index < -0.39 is 24.0 Å². The van der Waals surface area contributed by atoms with Crippen molar-refractivity contribution in [3.8, 4) is 0 Å². The summed E-state index contributed by atoms with van der Waals surface area (Å²) in [5, 5.41) is 13.0. The minimum Gasteiger partial charge on any atom is -0.389 e. The van der Waals surface area contributed by atoms with Gasteiger partial charge in [0.25, 0.3) is 0 Å². The first-order chi connectivity index (χ1) is 13.3. The van der Waals surface area contributed by atoms with Gasteiger partial charge < -0.3 is 10.4 Å². The van der Waals surface area contributed by atoms with Gasteiger partial charge in [-0.25, -0.2) is 9.18 Å². The third kappa shape index (κ3) is 4.43. The van der Waals surface area contributed by atoms with Crippen molar-refractivity contribution >= 4 is 45.0 Å². The zero-order valence-electron chi connectivity index (χ0n) is 14.8. The number of nitrogens with zero attached hydrogens (tertiary/aromatic N) is 1. The number of anilines is 1. The van der Waals surface area contributed by atoms with Gasteiger partial charge in [-0.2, -0.15) is 0 Å². The minimum absolute atomic E-state index is 0.0935. The van der Waals surface area contributed by atoms with E-state index in [9.17, 15) is 19.1 Å². The van der Waals surface area contributed by atoms with Crippen LogP contribution >= 0.6 is 27.5 Å². The summed E-state index contributed by atoms with van der Waals surface area (Å²) in [6.07, 6.45) is 2.03. The molecule has 146 valence electrons. The fourth-order valence-electron chi connectivity index (χ4n) is 2.96. The summed E-state index contributed by atoms with van der Waals surface area (Å²) in [4.78, 5) is 26.2. The molecular weight excluding hydrogens is 451 g/mol. The van der Waals surface area contributed by atoms with Crippen molar-refractivity contribution in [2.24, 2.45) is 0 Å². The molecule has 0 aromatic heterocycles. The number of rotatable bonds is 3. The Hall–Kier alpha value is -2.22. The molecule has 1 heterocycles. The van der Waals surface area contributed by atoms with E-state index >= 15 is 0 Å². The molecule has 1 aliphatic heterocycles. The molecule has 2 N–H and O–H groups in total. The summed E-state index contributed by atoms with van der Waals surface area (Å²) in [7, 11) is 0. The molecule has 8 heteroatoms. The molecule has 0 spiro atoms. The van der Waals surface area contributed by atoms with Gasteiger partial charge in [0.1, 0.15) is 5.82 Å². The highest BCUT2D eigenvalue weighted by Crippen LogP contribution is 2.34. The number of carbonyl (C=O) groups excluding carboxylic acids is 2. The molecule has 2 amide bonds. The molecule has 1 aliphatic rings. The lowest BCUT2D eigenvalue weighted by Gasteiger charge is -2.31. The predicted molar refractivity (Wildman–Crippen MR) is 109 cm³/mol. The molecule has 0 aliphatic carbocycles. The van der Waals surface area contributed by atoms with E-state index in [-0.39, 0.29) is 12.2 Å². The summed E-state index contributed by atoms with van der Waals surface area (Å²) in [6, 6.07) is 7.83. The second-order valence-corrected chi connectivity index (χ2v) is 7.68. The van der Waals surface area contributed by atoms with E-state index in [1.807, 2.05) is 0 Å². The van der Waals surface area contributed by atoms with Gasteiger partial charge in [0.2, 0.25) is 0 Å². The summed E-state index contributed by atoms with van der Waals surface area (Å²) in [5.41, 5.74) is 1.54. The quantitative estimate of drug-likeness (QED) is 0.639. The van der Waals surface area contributed by atoms with Crippen molar-refractivity contribution in [3.63, 3.8) is 0 Å². The maximum atomic E-state index is 13.2. The Morgan fingerprint density at radius 2 is 2.04 bits per heavy atom. The van der Waals surface area contributed by atoms with Crippen LogP contribution in [0, 0.1) is 5.82 Å². The van der Waals surface area contributed by atoms with Gasteiger partial charge in [-0.1, -0.05) is 23.7 Å². The lowest BCUT2D eigenvalue weighted by molar-refractivity contribution is -0.116. The molecule has 2 aromatic carbocycles. The number of halogens is 3. The first-order valence-electron chi connectivity index (χ1n) is 8.49. The van der Waals surface area contributed by atoms with Crippen molar-refractivity contribution in [1.29, 1.82) is 0 Å². The Morgan fingerprint density at radius 1 is 1.36 bits per heavy atom. The monoisotopic (exact) mass is 466 g/mol. The summed E-state index contributed by atoms with van der Waals surface area (Å²) < 4.78 is 13.8. The summed E-state index contributed by atoms with van der Waals surface area (Å²) in [5.74, 6) is -0.518. The molecule has 2 aromatic rings. The number of aliphatic hydroxyl groups is 1. The molecule has 3 rings (SSSR count). The van der Waals surface area contributed by atoms with Crippen LogP contribution in [0.3, 0.4) is 0 Å². The fraction of sp³-hybridized carbons (Fsp3) is 0.200. The number of aliphatic hydroxyl groups excluding tert-OH is 1. The largest absolute Gasteiger partial charge is 0.389 e. The molecular formula is C20H17BrClFN2O3.